The van der Waals surface area contributed by atoms with Gasteiger partial charge in [-0.2, -0.15) is 0 Å². The first-order valence-electron chi connectivity index (χ1n) is 6.55. The molecule has 0 spiro atoms. The highest BCUT2D eigenvalue weighted by Crippen LogP contribution is 2.31. The van der Waals surface area contributed by atoms with Crippen LogP contribution in [0.15, 0.2) is 36.5 Å². The molecule has 0 aliphatic carbocycles. The molecule has 1 aliphatic rings. The van der Waals surface area contributed by atoms with E-state index in [0.29, 0.717) is 10.8 Å². The van der Waals surface area contributed by atoms with Crippen LogP contribution < -0.4 is 15.5 Å². The molecule has 2 atom stereocenters. The predicted molar refractivity (Wildman–Crippen MR) is 87.0 cm³/mol. The van der Waals surface area contributed by atoms with Crippen LogP contribution >= 0.6 is 12.2 Å². The third-order valence-electron chi connectivity index (χ3n) is 3.49. The van der Waals surface area contributed by atoms with E-state index in [0.717, 1.165) is 11.3 Å². The summed E-state index contributed by atoms with van der Waals surface area (Å²) in [5.41, 5.74) is 2.59. The molecule has 2 N–H and O–H groups in total. The van der Waals surface area contributed by atoms with Gasteiger partial charge in [-0.15, -0.1) is 0 Å². The van der Waals surface area contributed by atoms with E-state index in [1.807, 2.05) is 43.3 Å². The van der Waals surface area contributed by atoms with E-state index >= 15 is 0 Å². The van der Waals surface area contributed by atoms with E-state index in [4.69, 9.17) is 17.0 Å². The van der Waals surface area contributed by atoms with Gasteiger partial charge in [0.2, 0.25) is 0 Å². The van der Waals surface area contributed by atoms with Gasteiger partial charge in [0.05, 0.1) is 13.2 Å². The van der Waals surface area contributed by atoms with Crippen LogP contribution in [-0.4, -0.2) is 32.3 Å². The molecule has 2 unspecified atom stereocenters. The van der Waals surface area contributed by atoms with E-state index in [9.17, 15) is 4.79 Å². The van der Waals surface area contributed by atoms with Crippen molar-refractivity contribution < 1.29 is 9.53 Å². The summed E-state index contributed by atoms with van der Waals surface area (Å²) >= 11 is 5.16. The third-order valence-corrected chi connectivity index (χ3v) is 3.71. The Morgan fingerprint density at radius 1 is 1.33 bits per heavy atom. The summed E-state index contributed by atoms with van der Waals surface area (Å²) in [6.07, 6.45) is 0. The molecule has 21 heavy (non-hydrogen) atoms. The monoisotopic (exact) mass is 305 g/mol. The molecule has 0 radical (unpaired) electrons. The summed E-state index contributed by atoms with van der Waals surface area (Å²) in [6, 6.07) is 7.67. The normalized spacial score (nSPS) is 21.3. The molecule has 6 heteroatoms. The molecule has 112 valence electrons. The van der Waals surface area contributed by atoms with Gasteiger partial charge in [0.15, 0.2) is 5.11 Å². The number of esters is 1. The Balaban J connectivity index is 2.34. The molecule has 1 saturated heterocycles. The Hall–Kier alpha value is -2.08. The maximum absolute atomic E-state index is 12.0. The van der Waals surface area contributed by atoms with Crippen molar-refractivity contribution in [3.63, 3.8) is 0 Å². The van der Waals surface area contributed by atoms with E-state index in [-0.39, 0.29) is 12.0 Å². The minimum absolute atomic E-state index is 0.282. The number of nitrogens with one attached hydrogen (secondary N) is 2. The molecule has 0 bridgehead atoms. The molecule has 0 saturated carbocycles. The fourth-order valence-corrected chi connectivity index (χ4v) is 2.60. The molecule has 5 nitrogen and oxygen atoms in total. The zero-order chi connectivity index (χ0) is 15.6. The number of carbonyl (C=O) groups is 1. The molecule has 1 aliphatic heterocycles. The van der Waals surface area contributed by atoms with Crippen LogP contribution in [0.1, 0.15) is 11.6 Å². The number of hydrogen-bond acceptors (Lipinski definition) is 4. The molecule has 2 rings (SSSR count). The van der Waals surface area contributed by atoms with Gasteiger partial charge in [0.1, 0.15) is 5.92 Å². The number of anilines is 1. The third kappa shape index (κ3) is 3.16. The first kappa shape index (κ1) is 15.3. The van der Waals surface area contributed by atoms with Crippen LogP contribution in [0.3, 0.4) is 0 Å². The molecular weight excluding hydrogens is 286 g/mol. The molecule has 1 aromatic carbocycles. The number of nitrogens with zero attached hydrogens (tertiary/aromatic N) is 1. The summed E-state index contributed by atoms with van der Waals surface area (Å²) in [5.74, 6) is -0.865. The van der Waals surface area contributed by atoms with Gasteiger partial charge in [-0.3, -0.25) is 4.79 Å². The maximum Gasteiger partial charge on any atom is 0.317 e. The Kier molecular flexibility index (Phi) is 4.47. The van der Waals surface area contributed by atoms with Crippen molar-refractivity contribution >= 4 is 29.0 Å². The van der Waals surface area contributed by atoms with Crippen molar-refractivity contribution in [3.05, 3.63) is 42.1 Å². The van der Waals surface area contributed by atoms with Crippen molar-refractivity contribution in [3.8, 4) is 0 Å². The number of benzene rings is 1. The number of thiocarbonyl (C=S) groups is 1. The first-order chi connectivity index (χ1) is 9.93. The SMILES string of the molecule is C=C1NC(=S)NC(c2ccc(N(C)C)cc2)C1C(=O)OC. The quantitative estimate of drug-likeness (QED) is 0.653. The highest BCUT2D eigenvalue weighted by molar-refractivity contribution is 7.80. The number of hydrogen-bond donors (Lipinski definition) is 2. The highest BCUT2D eigenvalue weighted by atomic mass is 32.1. The standard InChI is InChI=1S/C15H19N3O2S/c1-9-12(14(19)20-4)13(17-15(21)16-9)10-5-7-11(8-6-10)18(2)3/h5-8,12-13H,1H2,2-4H3,(H2,16,17,21). The Morgan fingerprint density at radius 2 is 1.95 bits per heavy atom. The first-order valence-corrected chi connectivity index (χ1v) is 6.96. The second-order valence-electron chi connectivity index (χ2n) is 5.09. The van der Waals surface area contributed by atoms with Crippen molar-refractivity contribution in [2.75, 3.05) is 26.1 Å². The lowest BCUT2D eigenvalue weighted by atomic mass is 9.89. The van der Waals surface area contributed by atoms with Gasteiger partial charge in [-0.1, -0.05) is 18.7 Å². The van der Waals surface area contributed by atoms with Gasteiger partial charge >= 0.3 is 5.97 Å². The number of ether oxygens (including phenoxy) is 1. The summed E-state index contributed by atoms with van der Waals surface area (Å²) in [5, 5.41) is 6.47. The zero-order valence-electron chi connectivity index (χ0n) is 12.3. The van der Waals surface area contributed by atoms with Crippen molar-refractivity contribution in [2.45, 2.75) is 6.04 Å². The predicted octanol–water partition coefficient (Wildman–Crippen LogP) is 1.57. The van der Waals surface area contributed by atoms with Crippen LogP contribution in [0.5, 0.6) is 0 Å². The zero-order valence-corrected chi connectivity index (χ0v) is 13.2. The van der Waals surface area contributed by atoms with Crippen molar-refractivity contribution in [2.24, 2.45) is 5.92 Å². The maximum atomic E-state index is 12.0. The Labute approximate surface area is 130 Å². The fourth-order valence-electron chi connectivity index (χ4n) is 2.35. The fraction of sp³-hybridized carbons (Fsp3) is 0.333. The molecule has 1 fully saturated rings. The molecule has 1 heterocycles. The van der Waals surface area contributed by atoms with Crippen LogP contribution in [-0.2, 0) is 9.53 Å². The lowest BCUT2D eigenvalue weighted by Gasteiger charge is -2.34. The van der Waals surface area contributed by atoms with Gasteiger partial charge in [-0.05, 0) is 29.9 Å². The second kappa shape index (κ2) is 6.13. The minimum Gasteiger partial charge on any atom is -0.468 e. The average molecular weight is 305 g/mol. The smallest absolute Gasteiger partial charge is 0.317 e. The summed E-state index contributed by atoms with van der Waals surface area (Å²) in [6.45, 7) is 3.89. The topological polar surface area (TPSA) is 53.6 Å². The van der Waals surface area contributed by atoms with Gasteiger partial charge < -0.3 is 20.3 Å². The lowest BCUT2D eigenvalue weighted by molar-refractivity contribution is -0.145. The second-order valence-corrected chi connectivity index (χ2v) is 5.50. The van der Waals surface area contributed by atoms with Gasteiger partial charge in [0.25, 0.3) is 0 Å². The molecule has 1 aromatic rings. The minimum atomic E-state index is -0.521. The molecule has 0 aromatic heterocycles. The molecule has 0 amide bonds. The van der Waals surface area contributed by atoms with Gasteiger partial charge in [0, 0.05) is 25.5 Å². The van der Waals surface area contributed by atoms with Crippen molar-refractivity contribution in [1.82, 2.24) is 10.6 Å². The largest absolute Gasteiger partial charge is 0.468 e. The van der Waals surface area contributed by atoms with E-state index in [2.05, 4.69) is 17.2 Å². The van der Waals surface area contributed by atoms with E-state index < -0.39 is 5.92 Å². The summed E-state index contributed by atoms with van der Waals surface area (Å²) < 4.78 is 4.88. The van der Waals surface area contributed by atoms with Gasteiger partial charge in [-0.25, -0.2) is 0 Å². The highest BCUT2D eigenvalue weighted by Gasteiger charge is 2.37. The summed E-state index contributed by atoms with van der Waals surface area (Å²) in [4.78, 5) is 14.0. The number of methoxy groups -OCH3 is 1. The van der Waals surface area contributed by atoms with Crippen LogP contribution in [0.25, 0.3) is 0 Å². The molecular formula is C15H19N3O2S. The number of rotatable bonds is 3. The van der Waals surface area contributed by atoms with Crippen LogP contribution in [0, 0.1) is 5.92 Å². The van der Waals surface area contributed by atoms with Crippen LogP contribution in [0.2, 0.25) is 0 Å². The van der Waals surface area contributed by atoms with Crippen molar-refractivity contribution in [1.29, 1.82) is 0 Å². The van der Waals surface area contributed by atoms with E-state index in [1.165, 1.54) is 7.11 Å². The number of carbonyl (C=O) groups excluding carboxylic acids is 1. The lowest BCUT2D eigenvalue weighted by Crippen LogP contribution is -2.50. The summed E-state index contributed by atoms with van der Waals surface area (Å²) in [7, 11) is 5.33. The average Bonchev–Trinajstić information content (AvgIpc) is 2.45. The van der Waals surface area contributed by atoms with E-state index in [1.54, 1.807) is 0 Å². The Bertz CT molecular complexity index is 569. The van der Waals surface area contributed by atoms with Crippen LogP contribution in [0.4, 0.5) is 5.69 Å². The Morgan fingerprint density at radius 3 is 2.48 bits per heavy atom.